The van der Waals surface area contributed by atoms with Crippen molar-refractivity contribution in [3.8, 4) is 0 Å². The van der Waals surface area contributed by atoms with Gasteiger partial charge in [0.25, 0.3) is 0 Å². The van der Waals surface area contributed by atoms with Gasteiger partial charge in [-0.15, -0.1) is 0 Å². The van der Waals surface area contributed by atoms with Crippen molar-refractivity contribution in [2.45, 2.75) is 32.9 Å². The molecule has 4 nitrogen and oxygen atoms in total. The first kappa shape index (κ1) is 12.4. The molecule has 0 fully saturated rings. The summed E-state index contributed by atoms with van der Waals surface area (Å²) in [6.45, 7) is 6.48. The molecule has 3 N–H and O–H groups in total. The van der Waals surface area contributed by atoms with E-state index in [-0.39, 0.29) is 5.92 Å². The van der Waals surface area contributed by atoms with Crippen LogP contribution in [-0.4, -0.2) is 36.8 Å². The van der Waals surface area contributed by atoms with Crippen molar-refractivity contribution in [3.05, 3.63) is 0 Å². The quantitative estimate of drug-likeness (QED) is 0.561. The lowest BCUT2D eigenvalue weighted by molar-refractivity contribution is -0.140. The SMILES string of the molecule is CN[C@@H](C)CN[C@H](C(=O)O)C(C)C. The number of rotatable bonds is 6. The first-order valence-corrected chi connectivity index (χ1v) is 4.62. The van der Waals surface area contributed by atoms with Gasteiger partial charge in [0, 0.05) is 12.6 Å². The highest BCUT2D eigenvalue weighted by Gasteiger charge is 2.20. The van der Waals surface area contributed by atoms with Crippen molar-refractivity contribution in [1.82, 2.24) is 10.6 Å². The van der Waals surface area contributed by atoms with Crippen LogP contribution in [0.2, 0.25) is 0 Å². The second-order valence-electron chi connectivity index (χ2n) is 3.66. The van der Waals surface area contributed by atoms with Crippen molar-refractivity contribution in [3.63, 3.8) is 0 Å². The van der Waals surface area contributed by atoms with Crippen LogP contribution in [0.25, 0.3) is 0 Å². The van der Waals surface area contributed by atoms with Gasteiger partial charge in [-0.05, 0) is 19.9 Å². The standard InChI is InChI=1S/C9H20N2O2/c1-6(2)8(9(12)13)11-5-7(3)10-4/h6-8,10-11H,5H2,1-4H3,(H,12,13)/t7-,8-/m0/s1. The topological polar surface area (TPSA) is 61.4 Å². The Morgan fingerprint density at radius 3 is 2.23 bits per heavy atom. The second-order valence-corrected chi connectivity index (χ2v) is 3.66. The Balaban J connectivity index is 3.90. The van der Waals surface area contributed by atoms with E-state index in [1.807, 2.05) is 27.8 Å². The number of hydrogen-bond acceptors (Lipinski definition) is 3. The van der Waals surface area contributed by atoms with Gasteiger partial charge in [0.15, 0.2) is 0 Å². The Morgan fingerprint density at radius 1 is 1.38 bits per heavy atom. The molecule has 0 aliphatic carbocycles. The van der Waals surface area contributed by atoms with Gasteiger partial charge in [-0.2, -0.15) is 0 Å². The molecule has 0 unspecified atom stereocenters. The summed E-state index contributed by atoms with van der Waals surface area (Å²) in [6, 6.07) is -0.156. The van der Waals surface area contributed by atoms with Gasteiger partial charge < -0.3 is 15.7 Å². The Hall–Kier alpha value is -0.610. The average Bonchev–Trinajstić information content (AvgIpc) is 2.03. The smallest absolute Gasteiger partial charge is 0.320 e. The van der Waals surface area contributed by atoms with Gasteiger partial charge in [0.2, 0.25) is 0 Å². The summed E-state index contributed by atoms with van der Waals surface area (Å²) in [5.41, 5.74) is 0. The molecule has 0 saturated carbocycles. The Kier molecular flexibility index (Phi) is 5.66. The third-order valence-corrected chi connectivity index (χ3v) is 2.07. The lowest BCUT2D eigenvalue weighted by Gasteiger charge is -2.20. The van der Waals surface area contributed by atoms with Crippen LogP contribution in [0.4, 0.5) is 0 Å². The highest BCUT2D eigenvalue weighted by atomic mass is 16.4. The minimum absolute atomic E-state index is 0.113. The molecule has 0 radical (unpaired) electrons. The Bertz CT molecular complexity index is 160. The predicted octanol–water partition coefficient (Wildman–Crippen LogP) is 0.293. The maximum Gasteiger partial charge on any atom is 0.320 e. The van der Waals surface area contributed by atoms with Crippen molar-refractivity contribution in [2.24, 2.45) is 5.92 Å². The van der Waals surface area contributed by atoms with Gasteiger partial charge in [-0.1, -0.05) is 13.8 Å². The molecule has 0 spiro atoms. The summed E-state index contributed by atoms with van der Waals surface area (Å²) in [6.07, 6.45) is 0. The highest BCUT2D eigenvalue weighted by molar-refractivity contribution is 5.73. The van der Waals surface area contributed by atoms with E-state index in [1.165, 1.54) is 0 Å². The summed E-state index contributed by atoms with van der Waals surface area (Å²) in [5, 5.41) is 14.9. The molecule has 0 amide bonds. The van der Waals surface area contributed by atoms with Crippen LogP contribution < -0.4 is 10.6 Å². The van der Waals surface area contributed by atoms with Gasteiger partial charge in [0.1, 0.15) is 6.04 Å². The summed E-state index contributed by atoms with van der Waals surface area (Å²) < 4.78 is 0. The average molecular weight is 188 g/mol. The minimum atomic E-state index is -0.779. The summed E-state index contributed by atoms with van der Waals surface area (Å²) in [4.78, 5) is 10.8. The number of nitrogens with one attached hydrogen (secondary N) is 2. The molecule has 0 bridgehead atoms. The molecule has 0 aromatic rings. The fraction of sp³-hybridized carbons (Fsp3) is 0.889. The zero-order valence-electron chi connectivity index (χ0n) is 8.79. The third kappa shape index (κ3) is 4.85. The van der Waals surface area contributed by atoms with E-state index in [1.54, 1.807) is 0 Å². The first-order chi connectivity index (χ1) is 5.99. The molecular formula is C9H20N2O2. The molecule has 0 heterocycles. The van der Waals surface area contributed by atoms with Gasteiger partial charge in [-0.25, -0.2) is 0 Å². The van der Waals surface area contributed by atoms with Crippen molar-refractivity contribution in [2.75, 3.05) is 13.6 Å². The molecule has 0 saturated heterocycles. The maximum absolute atomic E-state index is 10.8. The predicted molar refractivity (Wildman–Crippen MR) is 52.8 cm³/mol. The van der Waals surface area contributed by atoms with Crippen LogP contribution in [0, 0.1) is 5.92 Å². The maximum atomic E-state index is 10.8. The van der Waals surface area contributed by atoms with Crippen LogP contribution in [0.5, 0.6) is 0 Å². The molecule has 0 aliphatic rings. The molecule has 2 atom stereocenters. The van der Waals surface area contributed by atoms with E-state index >= 15 is 0 Å². The van der Waals surface area contributed by atoms with Crippen molar-refractivity contribution in [1.29, 1.82) is 0 Å². The number of hydrogen-bond donors (Lipinski definition) is 3. The van der Waals surface area contributed by atoms with E-state index in [9.17, 15) is 4.79 Å². The van der Waals surface area contributed by atoms with Crippen LogP contribution in [0.1, 0.15) is 20.8 Å². The van der Waals surface area contributed by atoms with E-state index in [0.29, 0.717) is 12.6 Å². The van der Waals surface area contributed by atoms with Gasteiger partial charge >= 0.3 is 5.97 Å². The summed E-state index contributed by atoms with van der Waals surface area (Å²) in [7, 11) is 1.86. The summed E-state index contributed by atoms with van der Waals surface area (Å²) >= 11 is 0. The Morgan fingerprint density at radius 2 is 1.92 bits per heavy atom. The molecule has 4 heteroatoms. The molecular weight excluding hydrogens is 168 g/mol. The molecule has 0 rings (SSSR count). The van der Waals surface area contributed by atoms with E-state index < -0.39 is 12.0 Å². The normalized spacial score (nSPS) is 15.8. The van der Waals surface area contributed by atoms with E-state index in [2.05, 4.69) is 10.6 Å². The van der Waals surface area contributed by atoms with E-state index in [4.69, 9.17) is 5.11 Å². The molecule has 78 valence electrons. The van der Waals surface area contributed by atoms with Gasteiger partial charge in [-0.3, -0.25) is 4.79 Å². The molecule has 0 aliphatic heterocycles. The van der Waals surface area contributed by atoms with Crippen LogP contribution in [-0.2, 0) is 4.79 Å². The fourth-order valence-electron chi connectivity index (χ4n) is 1.01. The lowest BCUT2D eigenvalue weighted by Crippen LogP contribution is -2.46. The molecule has 0 aromatic heterocycles. The lowest BCUT2D eigenvalue weighted by atomic mass is 10.0. The minimum Gasteiger partial charge on any atom is -0.480 e. The van der Waals surface area contributed by atoms with Gasteiger partial charge in [0.05, 0.1) is 0 Å². The zero-order valence-corrected chi connectivity index (χ0v) is 8.79. The zero-order chi connectivity index (χ0) is 10.4. The summed E-state index contributed by atoms with van der Waals surface area (Å²) in [5.74, 6) is -0.667. The largest absolute Gasteiger partial charge is 0.480 e. The molecule has 13 heavy (non-hydrogen) atoms. The third-order valence-electron chi connectivity index (χ3n) is 2.07. The van der Waals surface area contributed by atoms with E-state index in [0.717, 1.165) is 0 Å². The molecule has 0 aromatic carbocycles. The van der Waals surface area contributed by atoms with Crippen LogP contribution >= 0.6 is 0 Å². The number of likely N-dealkylation sites (N-methyl/N-ethyl adjacent to an activating group) is 1. The van der Waals surface area contributed by atoms with Crippen LogP contribution in [0.3, 0.4) is 0 Å². The highest BCUT2D eigenvalue weighted by Crippen LogP contribution is 2.01. The number of carbonyl (C=O) groups is 1. The fourth-order valence-corrected chi connectivity index (χ4v) is 1.01. The number of carboxylic acids is 1. The van der Waals surface area contributed by atoms with Crippen LogP contribution in [0.15, 0.2) is 0 Å². The second kappa shape index (κ2) is 5.94. The monoisotopic (exact) mass is 188 g/mol. The van der Waals surface area contributed by atoms with Crippen molar-refractivity contribution < 1.29 is 9.90 Å². The number of aliphatic carboxylic acids is 1. The number of carboxylic acid groups (broad SMARTS) is 1. The first-order valence-electron chi connectivity index (χ1n) is 4.62. The van der Waals surface area contributed by atoms with Crippen molar-refractivity contribution >= 4 is 5.97 Å². The Labute approximate surface area is 79.7 Å².